The highest BCUT2D eigenvalue weighted by Crippen LogP contribution is 2.23. The predicted molar refractivity (Wildman–Crippen MR) is 133 cm³/mol. The first-order chi connectivity index (χ1) is 16.7. The second-order valence-electron chi connectivity index (χ2n) is 8.60. The summed E-state index contributed by atoms with van der Waals surface area (Å²) in [6.07, 6.45) is 1.74. The summed E-state index contributed by atoms with van der Waals surface area (Å²) in [6, 6.07) is 16.7. The summed E-state index contributed by atoms with van der Waals surface area (Å²) in [4.78, 5) is 41.6. The minimum absolute atomic E-state index is 0.361. The summed E-state index contributed by atoms with van der Waals surface area (Å²) in [7, 11) is 1.44. The van der Waals surface area contributed by atoms with Crippen LogP contribution in [0.2, 0.25) is 0 Å². The van der Waals surface area contributed by atoms with Crippen molar-refractivity contribution in [3.05, 3.63) is 84.2 Å². The molecule has 0 aliphatic heterocycles. The number of carbonyl (C=O) groups excluding carboxylic acids is 3. The van der Waals surface area contributed by atoms with Crippen molar-refractivity contribution in [2.75, 3.05) is 23.1 Å². The van der Waals surface area contributed by atoms with Gasteiger partial charge in [-0.2, -0.15) is 0 Å². The molecule has 9 nitrogen and oxygen atoms in total. The van der Waals surface area contributed by atoms with Gasteiger partial charge in [0.2, 0.25) is 0 Å². The number of benzene rings is 2. The summed E-state index contributed by atoms with van der Waals surface area (Å²) in [5.74, 6) is -0.744. The molecule has 0 saturated carbocycles. The average molecular weight is 477 g/mol. The third-order valence-corrected chi connectivity index (χ3v) is 4.69. The minimum atomic E-state index is -0.819. The van der Waals surface area contributed by atoms with E-state index in [1.807, 2.05) is 0 Å². The molecule has 1 atom stereocenters. The average Bonchev–Trinajstić information content (AvgIpc) is 2.81. The van der Waals surface area contributed by atoms with Crippen LogP contribution in [-0.2, 0) is 14.3 Å². The smallest absolute Gasteiger partial charge is 0.412 e. The highest BCUT2D eigenvalue weighted by molar-refractivity contribution is 6.07. The Morgan fingerprint density at radius 3 is 2.09 bits per heavy atom. The van der Waals surface area contributed by atoms with Crippen LogP contribution in [0.5, 0.6) is 0 Å². The number of pyridine rings is 1. The molecule has 1 aromatic heterocycles. The van der Waals surface area contributed by atoms with Crippen molar-refractivity contribution < 1.29 is 23.9 Å². The van der Waals surface area contributed by atoms with Gasteiger partial charge in [0, 0.05) is 36.3 Å². The van der Waals surface area contributed by atoms with Crippen LogP contribution in [0, 0.1) is 0 Å². The van der Waals surface area contributed by atoms with Crippen molar-refractivity contribution >= 4 is 35.0 Å². The Morgan fingerprint density at radius 1 is 0.857 bits per heavy atom. The number of ether oxygens (including phenoxy) is 2. The van der Waals surface area contributed by atoms with E-state index < -0.39 is 17.8 Å². The lowest BCUT2D eigenvalue weighted by Crippen LogP contribution is -2.27. The molecule has 3 rings (SSSR count). The maximum absolute atomic E-state index is 12.8. The van der Waals surface area contributed by atoms with E-state index in [1.165, 1.54) is 7.11 Å². The summed E-state index contributed by atoms with van der Waals surface area (Å²) in [6.45, 7) is 5.29. The summed E-state index contributed by atoms with van der Waals surface area (Å²) >= 11 is 0. The molecule has 0 radical (unpaired) electrons. The van der Waals surface area contributed by atoms with Crippen molar-refractivity contribution in [3.63, 3.8) is 0 Å². The number of anilines is 3. The van der Waals surface area contributed by atoms with Crippen LogP contribution < -0.4 is 16.0 Å². The Hall–Kier alpha value is -4.24. The molecule has 0 spiro atoms. The number of rotatable bonds is 7. The highest BCUT2D eigenvalue weighted by atomic mass is 16.6. The quantitative estimate of drug-likeness (QED) is 0.441. The molecule has 182 valence electrons. The first-order valence-corrected chi connectivity index (χ1v) is 10.9. The van der Waals surface area contributed by atoms with Gasteiger partial charge in [-0.15, -0.1) is 0 Å². The van der Waals surface area contributed by atoms with Crippen molar-refractivity contribution in [2.24, 2.45) is 0 Å². The fraction of sp³-hybridized carbons (Fsp3) is 0.231. The molecule has 35 heavy (non-hydrogen) atoms. The van der Waals surface area contributed by atoms with Crippen molar-refractivity contribution in [2.45, 2.75) is 32.5 Å². The maximum atomic E-state index is 12.8. The molecule has 0 bridgehead atoms. The van der Waals surface area contributed by atoms with E-state index in [1.54, 1.807) is 93.8 Å². The van der Waals surface area contributed by atoms with E-state index in [0.29, 0.717) is 28.2 Å². The van der Waals surface area contributed by atoms with Crippen LogP contribution in [0.3, 0.4) is 0 Å². The first kappa shape index (κ1) is 25.4. The molecule has 0 fully saturated rings. The summed E-state index contributed by atoms with van der Waals surface area (Å²) in [5, 5.41) is 8.20. The third-order valence-electron chi connectivity index (χ3n) is 4.69. The number of para-hydroxylation sites is 2. The van der Waals surface area contributed by atoms with Gasteiger partial charge in [0.25, 0.3) is 11.8 Å². The molecule has 3 amide bonds. The summed E-state index contributed by atoms with van der Waals surface area (Å²) < 4.78 is 10.6. The van der Waals surface area contributed by atoms with Gasteiger partial charge >= 0.3 is 6.09 Å². The Kier molecular flexibility index (Phi) is 8.17. The molecule has 1 unspecified atom stereocenters. The number of hydrogen-bond acceptors (Lipinski definition) is 6. The Labute approximate surface area is 203 Å². The lowest BCUT2D eigenvalue weighted by atomic mass is 10.1. The van der Waals surface area contributed by atoms with E-state index in [0.717, 1.165) is 0 Å². The van der Waals surface area contributed by atoms with Gasteiger partial charge in [-0.3, -0.25) is 19.9 Å². The number of carbonyl (C=O) groups is 3. The Morgan fingerprint density at radius 2 is 1.51 bits per heavy atom. The van der Waals surface area contributed by atoms with Gasteiger partial charge in [-0.25, -0.2) is 4.79 Å². The molecular weight excluding hydrogens is 448 g/mol. The zero-order valence-electron chi connectivity index (χ0n) is 20.0. The molecule has 0 aliphatic rings. The van der Waals surface area contributed by atoms with E-state index >= 15 is 0 Å². The number of methoxy groups -OCH3 is 1. The van der Waals surface area contributed by atoms with Crippen molar-refractivity contribution in [3.8, 4) is 0 Å². The SMILES string of the molecule is COC(C(=O)Nc1ccc(C(=O)Nc2ccccc2NC(=O)OC(C)(C)C)cc1)c1cccnc1. The monoisotopic (exact) mass is 476 g/mol. The predicted octanol–water partition coefficient (Wildman–Crippen LogP) is 5.01. The van der Waals surface area contributed by atoms with Gasteiger partial charge in [-0.05, 0) is 63.2 Å². The van der Waals surface area contributed by atoms with Crippen LogP contribution in [-0.4, -0.2) is 35.6 Å². The fourth-order valence-electron chi connectivity index (χ4n) is 3.15. The Bertz CT molecular complexity index is 1170. The first-order valence-electron chi connectivity index (χ1n) is 10.9. The second kappa shape index (κ2) is 11.3. The van der Waals surface area contributed by atoms with Crippen LogP contribution in [0.1, 0.15) is 42.8 Å². The van der Waals surface area contributed by atoms with Crippen molar-refractivity contribution in [1.82, 2.24) is 4.98 Å². The molecule has 3 N–H and O–H groups in total. The van der Waals surface area contributed by atoms with Gasteiger partial charge in [-0.1, -0.05) is 18.2 Å². The van der Waals surface area contributed by atoms with Crippen LogP contribution >= 0.6 is 0 Å². The number of hydrogen-bond donors (Lipinski definition) is 3. The number of nitrogens with one attached hydrogen (secondary N) is 3. The van der Waals surface area contributed by atoms with Gasteiger partial charge in [0.15, 0.2) is 6.10 Å². The molecule has 2 aromatic carbocycles. The molecule has 9 heteroatoms. The zero-order chi connectivity index (χ0) is 25.4. The molecule has 1 heterocycles. The highest BCUT2D eigenvalue weighted by Gasteiger charge is 2.21. The van der Waals surface area contributed by atoms with Crippen molar-refractivity contribution in [1.29, 1.82) is 0 Å². The van der Waals surface area contributed by atoms with E-state index in [9.17, 15) is 14.4 Å². The topological polar surface area (TPSA) is 119 Å². The number of amides is 3. The van der Waals surface area contributed by atoms with Gasteiger partial charge < -0.3 is 20.1 Å². The standard InChI is InChI=1S/C26H28N4O5/c1-26(2,3)35-25(33)30-21-10-6-5-9-20(21)29-23(31)17-11-13-19(14-12-17)28-24(32)22(34-4)18-8-7-15-27-16-18/h5-16,22H,1-4H3,(H,28,32)(H,29,31)(H,30,33). The second-order valence-corrected chi connectivity index (χ2v) is 8.60. The van der Waals surface area contributed by atoms with Crippen LogP contribution in [0.25, 0.3) is 0 Å². The van der Waals surface area contributed by atoms with Gasteiger partial charge in [0.1, 0.15) is 5.60 Å². The van der Waals surface area contributed by atoms with Crippen LogP contribution in [0.4, 0.5) is 21.9 Å². The lowest BCUT2D eigenvalue weighted by Gasteiger charge is -2.20. The maximum Gasteiger partial charge on any atom is 0.412 e. The largest absolute Gasteiger partial charge is 0.444 e. The van der Waals surface area contributed by atoms with E-state index in [2.05, 4.69) is 20.9 Å². The van der Waals surface area contributed by atoms with Crippen LogP contribution in [0.15, 0.2) is 73.1 Å². The fourth-order valence-corrected chi connectivity index (χ4v) is 3.15. The van der Waals surface area contributed by atoms with E-state index in [4.69, 9.17) is 9.47 Å². The summed E-state index contributed by atoms with van der Waals surface area (Å²) in [5.41, 5.74) is 1.66. The normalized spacial score (nSPS) is 11.8. The molecular formula is C26H28N4O5. The lowest BCUT2D eigenvalue weighted by molar-refractivity contribution is -0.126. The molecule has 0 aliphatic carbocycles. The van der Waals surface area contributed by atoms with E-state index in [-0.39, 0.29) is 11.8 Å². The van der Waals surface area contributed by atoms with Gasteiger partial charge in [0.05, 0.1) is 11.4 Å². The number of aromatic nitrogens is 1. The Balaban J connectivity index is 1.65. The number of nitrogens with zero attached hydrogens (tertiary/aromatic N) is 1. The molecule has 0 saturated heterocycles. The third kappa shape index (κ3) is 7.38. The zero-order valence-corrected chi connectivity index (χ0v) is 20.0. The minimum Gasteiger partial charge on any atom is -0.444 e. The molecule has 3 aromatic rings.